The molecule has 1 aliphatic heterocycles. The van der Waals surface area contributed by atoms with Gasteiger partial charge in [0.2, 0.25) is 5.91 Å². The fourth-order valence-electron chi connectivity index (χ4n) is 2.00. The van der Waals surface area contributed by atoms with Gasteiger partial charge in [-0.1, -0.05) is 6.07 Å². The second-order valence-corrected chi connectivity index (χ2v) is 6.82. The van der Waals surface area contributed by atoms with Gasteiger partial charge in [0.15, 0.2) is 5.84 Å². The molecule has 1 amide bonds. The summed E-state index contributed by atoms with van der Waals surface area (Å²) in [6.45, 7) is 3.58. The van der Waals surface area contributed by atoms with Crippen molar-refractivity contribution in [1.82, 2.24) is 5.32 Å². The van der Waals surface area contributed by atoms with Crippen LogP contribution in [0.2, 0.25) is 0 Å². The number of nitrogens with two attached hydrogens (primary N) is 1. The Labute approximate surface area is 128 Å². The lowest BCUT2D eigenvalue weighted by molar-refractivity contribution is -0.130. The molecule has 0 saturated heterocycles. The van der Waals surface area contributed by atoms with E-state index in [9.17, 15) is 13.2 Å². The molecule has 0 aromatic heterocycles. The van der Waals surface area contributed by atoms with Crippen LogP contribution in [0.25, 0.3) is 0 Å². The number of hydrogen-bond donors (Lipinski definition) is 3. The van der Waals surface area contributed by atoms with Gasteiger partial charge in [0.05, 0.1) is 16.7 Å². The average Bonchev–Trinajstić information content (AvgIpc) is 2.42. The van der Waals surface area contributed by atoms with Gasteiger partial charge in [-0.2, -0.15) is 8.42 Å². The summed E-state index contributed by atoms with van der Waals surface area (Å²) in [5, 5.41) is 2.56. The number of fused-ring (bicyclic) bond motifs is 1. The number of carbonyl (C=O) groups excluding carboxylic acids is 1. The summed E-state index contributed by atoms with van der Waals surface area (Å²) in [6, 6.07) is 4.83. The molecular weight excluding hydrogens is 308 g/mol. The summed E-state index contributed by atoms with van der Waals surface area (Å²) in [7, 11) is -2.28. The van der Waals surface area contributed by atoms with Crippen molar-refractivity contribution < 1.29 is 17.9 Å². The van der Waals surface area contributed by atoms with E-state index in [0.29, 0.717) is 17.0 Å². The van der Waals surface area contributed by atoms with E-state index in [-0.39, 0.29) is 18.3 Å². The monoisotopic (exact) mass is 326 g/mol. The molecule has 1 aromatic carbocycles. The molecule has 0 atom stereocenters. The van der Waals surface area contributed by atoms with Crippen molar-refractivity contribution in [2.45, 2.75) is 13.8 Å². The maximum Gasteiger partial charge on any atom is 0.344 e. The maximum atomic E-state index is 11.8. The molecule has 0 saturated carbocycles. The topological polar surface area (TPSA) is 123 Å². The minimum absolute atomic E-state index is 0.100. The van der Waals surface area contributed by atoms with Crippen LogP contribution in [0.3, 0.4) is 0 Å². The van der Waals surface area contributed by atoms with Gasteiger partial charge in [-0.05, 0) is 26.0 Å². The van der Waals surface area contributed by atoms with Crippen molar-refractivity contribution in [2.75, 3.05) is 18.4 Å². The van der Waals surface area contributed by atoms with E-state index >= 15 is 0 Å². The number of carbonyl (C=O) groups is 1. The Morgan fingerprint density at radius 1 is 1.45 bits per heavy atom. The highest BCUT2D eigenvalue weighted by molar-refractivity contribution is 7.91. The van der Waals surface area contributed by atoms with Crippen LogP contribution in [-0.2, 0) is 15.0 Å². The van der Waals surface area contributed by atoms with Crippen LogP contribution in [0.4, 0.5) is 5.69 Å². The quantitative estimate of drug-likeness (QED) is 0.730. The van der Waals surface area contributed by atoms with Crippen molar-refractivity contribution in [3.05, 3.63) is 23.8 Å². The highest BCUT2D eigenvalue weighted by atomic mass is 32.2. The van der Waals surface area contributed by atoms with Crippen LogP contribution in [0, 0.1) is 5.41 Å². The van der Waals surface area contributed by atoms with Crippen molar-refractivity contribution in [1.29, 1.82) is 0 Å². The SMILES string of the molecule is CNC(=O)C(C)(C)COc1cccc2c1C(N)=NS(=O)(=O)N2. The third-order valence-electron chi connectivity index (χ3n) is 3.17. The number of nitrogens with one attached hydrogen (secondary N) is 2. The van der Waals surface area contributed by atoms with E-state index in [2.05, 4.69) is 14.4 Å². The summed E-state index contributed by atoms with van der Waals surface area (Å²) in [4.78, 5) is 11.8. The maximum absolute atomic E-state index is 11.8. The van der Waals surface area contributed by atoms with E-state index < -0.39 is 15.6 Å². The number of amidine groups is 1. The van der Waals surface area contributed by atoms with Crippen molar-refractivity contribution >= 4 is 27.6 Å². The predicted octanol–water partition coefficient (Wildman–Crippen LogP) is 0.213. The van der Waals surface area contributed by atoms with Gasteiger partial charge in [0.1, 0.15) is 12.4 Å². The summed E-state index contributed by atoms with van der Waals surface area (Å²) < 4.78 is 34.4. The number of benzene rings is 1. The van der Waals surface area contributed by atoms with Crippen molar-refractivity contribution in [2.24, 2.45) is 15.5 Å². The van der Waals surface area contributed by atoms with Crippen LogP contribution in [0.15, 0.2) is 22.6 Å². The minimum atomic E-state index is -3.83. The Morgan fingerprint density at radius 2 is 2.14 bits per heavy atom. The van der Waals surface area contributed by atoms with Crippen LogP contribution in [0.1, 0.15) is 19.4 Å². The fraction of sp³-hybridized carbons (Fsp3) is 0.385. The van der Waals surface area contributed by atoms with Gasteiger partial charge in [0.25, 0.3) is 0 Å². The molecule has 0 aliphatic carbocycles. The van der Waals surface area contributed by atoms with E-state index in [1.54, 1.807) is 39.1 Å². The van der Waals surface area contributed by atoms with E-state index in [1.165, 1.54) is 0 Å². The number of hydrogen-bond acceptors (Lipinski definition) is 5. The lowest BCUT2D eigenvalue weighted by Gasteiger charge is -2.25. The molecule has 1 aromatic rings. The highest BCUT2D eigenvalue weighted by Gasteiger charge is 2.29. The number of amides is 1. The molecule has 0 unspecified atom stereocenters. The number of nitrogens with zero attached hydrogens (tertiary/aromatic N) is 1. The summed E-state index contributed by atoms with van der Waals surface area (Å²) >= 11 is 0. The molecule has 0 radical (unpaired) electrons. The predicted molar refractivity (Wildman–Crippen MR) is 83.1 cm³/mol. The fourth-order valence-corrected chi connectivity index (χ4v) is 2.84. The Hall–Kier alpha value is -2.29. The molecule has 0 spiro atoms. The van der Waals surface area contributed by atoms with Gasteiger partial charge in [-0.25, -0.2) is 0 Å². The first-order valence-corrected chi connectivity index (χ1v) is 7.97. The van der Waals surface area contributed by atoms with Gasteiger partial charge in [-0.3, -0.25) is 9.52 Å². The lowest BCUT2D eigenvalue weighted by Crippen LogP contribution is -2.39. The van der Waals surface area contributed by atoms with Crippen molar-refractivity contribution in [3.8, 4) is 5.75 Å². The van der Waals surface area contributed by atoms with Crippen molar-refractivity contribution in [3.63, 3.8) is 0 Å². The van der Waals surface area contributed by atoms with Gasteiger partial charge in [0, 0.05) is 7.05 Å². The number of ether oxygens (including phenoxy) is 1. The standard InChI is InChI=1S/C13H18N4O4S/c1-13(2,12(18)15-3)7-21-9-6-4-5-8-10(9)11(14)17-22(19,20)16-8/h4-6,16H,7H2,1-3H3,(H2,14,17)(H,15,18). The second-order valence-electron chi connectivity index (χ2n) is 5.48. The van der Waals surface area contributed by atoms with Gasteiger partial charge < -0.3 is 15.8 Å². The Balaban J connectivity index is 2.31. The van der Waals surface area contributed by atoms with Gasteiger partial charge in [-0.15, -0.1) is 4.40 Å². The molecule has 22 heavy (non-hydrogen) atoms. The van der Waals surface area contributed by atoms with Gasteiger partial charge >= 0.3 is 10.2 Å². The molecule has 4 N–H and O–H groups in total. The molecule has 120 valence electrons. The summed E-state index contributed by atoms with van der Waals surface area (Å²) in [5.74, 6) is 0.0415. The molecule has 2 rings (SSSR count). The smallest absolute Gasteiger partial charge is 0.344 e. The normalized spacial score (nSPS) is 16.0. The number of anilines is 1. The first-order valence-electron chi connectivity index (χ1n) is 6.53. The first kappa shape index (κ1) is 16.1. The Kier molecular flexibility index (Phi) is 4.01. The molecule has 8 nitrogen and oxygen atoms in total. The van der Waals surface area contributed by atoms with Crippen LogP contribution in [0.5, 0.6) is 5.75 Å². The van der Waals surface area contributed by atoms with Crippen LogP contribution < -0.4 is 20.5 Å². The zero-order valence-corrected chi connectivity index (χ0v) is 13.3. The van der Waals surface area contributed by atoms with E-state index in [0.717, 1.165) is 0 Å². The average molecular weight is 326 g/mol. The first-order chi connectivity index (χ1) is 10.2. The molecule has 1 heterocycles. The zero-order chi connectivity index (χ0) is 16.5. The van der Waals surface area contributed by atoms with Crippen LogP contribution >= 0.6 is 0 Å². The zero-order valence-electron chi connectivity index (χ0n) is 12.5. The Bertz CT molecular complexity index is 740. The molecule has 9 heteroatoms. The van der Waals surface area contributed by atoms with E-state index in [1.807, 2.05) is 0 Å². The second kappa shape index (κ2) is 5.48. The van der Waals surface area contributed by atoms with Crippen LogP contribution in [-0.4, -0.2) is 33.8 Å². The number of rotatable bonds is 4. The summed E-state index contributed by atoms with van der Waals surface area (Å²) in [5.41, 5.74) is 5.63. The third-order valence-corrected chi connectivity index (χ3v) is 4.09. The largest absolute Gasteiger partial charge is 0.492 e. The Morgan fingerprint density at radius 3 is 2.77 bits per heavy atom. The molecule has 0 bridgehead atoms. The summed E-state index contributed by atoms with van der Waals surface area (Å²) in [6.07, 6.45) is 0. The van der Waals surface area contributed by atoms with E-state index in [4.69, 9.17) is 10.5 Å². The molecule has 0 fully saturated rings. The molecule has 1 aliphatic rings. The third kappa shape index (κ3) is 3.14. The lowest BCUT2D eigenvalue weighted by atomic mass is 9.93. The highest BCUT2D eigenvalue weighted by Crippen LogP contribution is 2.31. The molecular formula is C13H18N4O4S. The minimum Gasteiger partial charge on any atom is -0.492 e.